The fraction of sp³-hybridized carbons (Fsp3) is 0.308. The maximum atomic E-state index is 8.92. The van der Waals surface area contributed by atoms with E-state index in [1.807, 2.05) is 37.6 Å². The van der Waals surface area contributed by atoms with E-state index in [2.05, 4.69) is 29.7 Å². The van der Waals surface area contributed by atoms with Crippen molar-refractivity contribution in [1.29, 1.82) is 5.26 Å². The summed E-state index contributed by atoms with van der Waals surface area (Å²) in [5, 5.41) is 8.92. The zero-order valence-corrected chi connectivity index (χ0v) is 9.81. The molecule has 0 radical (unpaired) electrons. The molecule has 0 saturated carbocycles. The summed E-state index contributed by atoms with van der Waals surface area (Å²) in [4.78, 5) is 4.31. The van der Waals surface area contributed by atoms with Crippen LogP contribution in [-0.2, 0) is 0 Å². The lowest BCUT2D eigenvalue weighted by molar-refractivity contribution is 0.383. The van der Waals surface area contributed by atoms with Crippen LogP contribution in [-0.4, -0.2) is 18.1 Å². The van der Waals surface area contributed by atoms with Crippen molar-refractivity contribution in [2.75, 3.05) is 11.9 Å². The van der Waals surface area contributed by atoms with E-state index in [1.165, 1.54) is 5.56 Å². The number of anilines is 1. The summed E-state index contributed by atoms with van der Waals surface area (Å²) in [7, 11) is 2.05. The summed E-state index contributed by atoms with van der Waals surface area (Å²) in [6, 6.07) is 7.97. The summed E-state index contributed by atoms with van der Waals surface area (Å²) in [5.74, 6) is 0. The first-order valence-electron chi connectivity index (χ1n) is 5.33. The van der Waals surface area contributed by atoms with Crippen molar-refractivity contribution in [3.63, 3.8) is 0 Å². The van der Waals surface area contributed by atoms with Gasteiger partial charge in [0.2, 0.25) is 0 Å². The van der Waals surface area contributed by atoms with Gasteiger partial charge in [-0.25, -0.2) is 0 Å². The molecule has 0 aromatic heterocycles. The van der Waals surface area contributed by atoms with E-state index in [0.717, 1.165) is 5.69 Å². The molecule has 2 rings (SSSR count). The Balaban J connectivity index is 2.41. The summed E-state index contributed by atoms with van der Waals surface area (Å²) < 4.78 is 0. The Labute approximate surface area is 96.2 Å². The molecule has 0 spiro atoms. The van der Waals surface area contributed by atoms with E-state index in [4.69, 9.17) is 5.26 Å². The van der Waals surface area contributed by atoms with Gasteiger partial charge in [-0.3, -0.25) is 0 Å². The van der Waals surface area contributed by atoms with Crippen LogP contribution in [0.1, 0.15) is 18.1 Å². The normalized spacial score (nSPS) is 19.0. The van der Waals surface area contributed by atoms with Crippen molar-refractivity contribution in [2.45, 2.75) is 20.0 Å². The van der Waals surface area contributed by atoms with Gasteiger partial charge in [0, 0.05) is 25.1 Å². The van der Waals surface area contributed by atoms with Crippen LogP contribution < -0.4 is 4.90 Å². The van der Waals surface area contributed by atoms with Crippen molar-refractivity contribution < 1.29 is 0 Å². The average molecular weight is 213 g/mol. The molecular weight excluding hydrogens is 198 g/mol. The van der Waals surface area contributed by atoms with Crippen LogP contribution >= 0.6 is 0 Å². The van der Waals surface area contributed by atoms with Crippen LogP contribution in [0, 0.1) is 18.3 Å². The second-order valence-electron chi connectivity index (χ2n) is 4.12. The Morgan fingerprint density at radius 2 is 2.06 bits per heavy atom. The second-order valence-corrected chi connectivity index (χ2v) is 4.12. The maximum absolute atomic E-state index is 8.92. The Hall–Kier alpha value is -1.95. The summed E-state index contributed by atoms with van der Waals surface area (Å²) in [5.41, 5.74) is 2.99. The predicted molar refractivity (Wildman–Crippen MR) is 64.7 cm³/mol. The molecule has 0 fully saturated rings. The minimum Gasteiger partial charge on any atom is -0.359 e. The zero-order valence-electron chi connectivity index (χ0n) is 9.81. The van der Waals surface area contributed by atoms with Gasteiger partial charge < -0.3 is 9.80 Å². The van der Waals surface area contributed by atoms with Crippen LogP contribution in [0.15, 0.2) is 30.6 Å². The first-order valence-corrected chi connectivity index (χ1v) is 5.33. The highest BCUT2D eigenvalue weighted by Gasteiger charge is 2.21. The van der Waals surface area contributed by atoms with E-state index in [1.54, 1.807) is 0 Å². The number of hydrogen-bond donors (Lipinski definition) is 0. The lowest BCUT2D eigenvalue weighted by Crippen LogP contribution is -2.33. The predicted octanol–water partition coefficient (Wildman–Crippen LogP) is 2.44. The van der Waals surface area contributed by atoms with Crippen LogP contribution in [0.5, 0.6) is 0 Å². The third-order valence-electron chi connectivity index (χ3n) is 3.07. The topological polar surface area (TPSA) is 30.3 Å². The second kappa shape index (κ2) is 3.90. The van der Waals surface area contributed by atoms with Crippen molar-refractivity contribution >= 4 is 5.69 Å². The molecule has 3 heteroatoms. The van der Waals surface area contributed by atoms with Crippen molar-refractivity contribution in [1.82, 2.24) is 4.90 Å². The van der Waals surface area contributed by atoms with E-state index in [0.29, 0.717) is 11.7 Å². The molecule has 1 aliphatic heterocycles. The standard InChI is InChI=1S/C13H15N3/c1-10-4-5-12(9-14)8-13(10)16-7-6-15(3)11(16)2/h4-8,11H,1-3H3/t11-/m1/s1. The molecule has 3 nitrogen and oxygen atoms in total. The Morgan fingerprint density at radius 3 is 2.62 bits per heavy atom. The molecule has 0 bridgehead atoms. The van der Waals surface area contributed by atoms with E-state index in [-0.39, 0.29) is 0 Å². The summed E-state index contributed by atoms with van der Waals surface area (Å²) >= 11 is 0. The molecule has 0 N–H and O–H groups in total. The molecule has 16 heavy (non-hydrogen) atoms. The minimum atomic E-state index is 0.299. The molecule has 82 valence electrons. The molecule has 1 atom stereocenters. The molecule has 1 aromatic carbocycles. The highest BCUT2D eigenvalue weighted by Crippen LogP contribution is 2.27. The van der Waals surface area contributed by atoms with Gasteiger partial charge in [0.1, 0.15) is 6.17 Å². The fourth-order valence-corrected chi connectivity index (χ4v) is 1.86. The van der Waals surface area contributed by atoms with Crippen molar-refractivity contribution in [3.8, 4) is 6.07 Å². The number of nitrogens with zero attached hydrogens (tertiary/aromatic N) is 3. The van der Waals surface area contributed by atoms with Gasteiger partial charge >= 0.3 is 0 Å². The highest BCUT2D eigenvalue weighted by atomic mass is 15.4. The molecule has 0 amide bonds. The van der Waals surface area contributed by atoms with Crippen LogP contribution in [0.2, 0.25) is 0 Å². The van der Waals surface area contributed by atoms with E-state index >= 15 is 0 Å². The number of hydrogen-bond acceptors (Lipinski definition) is 3. The maximum Gasteiger partial charge on any atom is 0.102 e. The van der Waals surface area contributed by atoms with Gasteiger partial charge in [-0.2, -0.15) is 5.26 Å². The van der Waals surface area contributed by atoms with Crippen LogP contribution in [0.3, 0.4) is 0 Å². The molecule has 1 aromatic rings. The van der Waals surface area contributed by atoms with Crippen molar-refractivity contribution in [3.05, 3.63) is 41.7 Å². The first-order chi connectivity index (χ1) is 7.63. The highest BCUT2D eigenvalue weighted by molar-refractivity contribution is 5.60. The van der Waals surface area contributed by atoms with Gasteiger partial charge in [-0.1, -0.05) is 6.07 Å². The van der Waals surface area contributed by atoms with E-state index in [9.17, 15) is 0 Å². The van der Waals surface area contributed by atoms with Crippen LogP contribution in [0.25, 0.3) is 0 Å². The number of rotatable bonds is 1. The van der Waals surface area contributed by atoms with Crippen molar-refractivity contribution in [2.24, 2.45) is 0 Å². The Kier molecular flexibility index (Phi) is 2.57. The lowest BCUT2D eigenvalue weighted by atomic mass is 10.1. The van der Waals surface area contributed by atoms with E-state index < -0.39 is 0 Å². The molecule has 1 heterocycles. The largest absolute Gasteiger partial charge is 0.359 e. The third kappa shape index (κ3) is 1.63. The SMILES string of the molecule is Cc1ccc(C#N)cc1N1C=CN(C)[C@H]1C. The average Bonchev–Trinajstić information content (AvgIpc) is 2.61. The molecule has 0 aliphatic carbocycles. The third-order valence-corrected chi connectivity index (χ3v) is 3.07. The van der Waals surface area contributed by atoms with Gasteiger partial charge in [0.05, 0.1) is 11.6 Å². The first kappa shape index (κ1) is 10.6. The van der Waals surface area contributed by atoms with Gasteiger partial charge in [-0.05, 0) is 31.5 Å². The monoisotopic (exact) mass is 213 g/mol. The minimum absolute atomic E-state index is 0.299. The molecular formula is C13H15N3. The Bertz CT molecular complexity index is 471. The Morgan fingerprint density at radius 1 is 1.31 bits per heavy atom. The zero-order chi connectivity index (χ0) is 11.7. The van der Waals surface area contributed by atoms with Gasteiger partial charge in [-0.15, -0.1) is 0 Å². The number of nitriles is 1. The number of aryl methyl sites for hydroxylation is 1. The molecule has 0 saturated heterocycles. The van der Waals surface area contributed by atoms with Crippen LogP contribution in [0.4, 0.5) is 5.69 Å². The van der Waals surface area contributed by atoms with Gasteiger partial charge in [0.15, 0.2) is 0 Å². The summed E-state index contributed by atoms with van der Waals surface area (Å²) in [6.07, 6.45) is 4.39. The quantitative estimate of drug-likeness (QED) is 0.717. The fourth-order valence-electron chi connectivity index (χ4n) is 1.86. The number of benzene rings is 1. The smallest absolute Gasteiger partial charge is 0.102 e. The van der Waals surface area contributed by atoms with Gasteiger partial charge in [0.25, 0.3) is 0 Å². The molecule has 0 unspecified atom stereocenters. The molecule has 1 aliphatic rings. The summed E-state index contributed by atoms with van der Waals surface area (Å²) in [6.45, 7) is 4.20. The lowest BCUT2D eigenvalue weighted by Gasteiger charge is -2.28.